The molecule has 0 aliphatic carbocycles. The summed E-state index contributed by atoms with van der Waals surface area (Å²) in [5, 5.41) is 23.1. The second-order valence-corrected chi connectivity index (χ2v) is 9.76. The van der Waals surface area contributed by atoms with E-state index in [1.807, 2.05) is 68.7 Å². The second kappa shape index (κ2) is 11.7. The van der Waals surface area contributed by atoms with Crippen LogP contribution in [0.3, 0.4) is 0 Å². The minimum absolute atomic E-state index is 0.0384. The number of rotatable bonds is 11. The topological polar surface area (TPSA) is 65.8 Å². The molecule has 0 aliphatic rings. The van der Waals surface area contributed by atoms with E-state index in [2.05, 4.69) is 35.2 Å². The molecule has 36 heavy (non-hydrogen) atoms. The molecule has 5 nitrogen and oxygen atoms in total. The van der Waals surface area contributed by atoms with Crippen LogP contribution >= 0.6 is 0 Å². The third-order valence-electron chi connectivity index (χ3n) is 6.91. The van der Waals surface area contributed by atoms with Gasteiger partial charge in [0.25, 0.3) is 0 Å². The Hall–Kier alpha value is -3.25. The van der Waals surface area contributed by atoms with E-state index in [9.17, 15) is 10.2 Å². The van der Waals surface area contributed by atoms with Crippen molar-refractivity contribution >= 4 is 10.9 Å². The van der Waals surface area contributed by atoms with E-state index in [0.29, 0.717) is 18.7 Å². The smallest absolute Gasteiger partial charge is 0.217 e. The van der Waals surface area contributed by atoms with Crippen LogP contribution in [0.5, 0.6) is 5.88 Å². The highest BCUT2D eigenvalue weighted by molar-refractivity contribution is 5.81. The summed E-state index contributed by atoms with van der Waals surface area (Å²) >= 11 is 0. The monoisotopic (exact) mass is 484 g/mol. The Morgan fingerprint density at radius 2 is 1.58 bits per heavy atom. The van der Waals surface area contributed by atoms with Crippen LogP contribution in [0.15, 0.2) is 84.9 Å². The van der Waals surface area contributed by atoms with Gasteiger partial charge in [-0.3, -0.25) is 0 Å². The zero-order valence-electron chi connectivity index (χ0n) is 21.4. The van der Waals surface area contributed by atoms with Gasteiger partial charge in [-0.05, 0) is 68.2 Å². The van der Waals surface area contributed by atoms with Gasteiger partial charge in [0, 0.05) is 23.4 Å². The standard InChI is InChI=1S/C31H36N2O3/c1-33(2)19-18-31(35,17-16-23-10-6-4-7-11-23)29(25-12-8-5-9-13-25)27-21-26-20-24(22-34)14-15-28(26)32-30(27)36-3/h4-15,20-21,29,34-35H,16-19,22H2,1-3H3. The van der Waals surface area contributed by atoms with Crippen LogP contribution in [0.1, 0.15) is 41.0 Å². The summed E-state index contributed by atoms with van der Waals surface area (Å²) in [7, 11) is 5.69. The minimum Gasteiger partial charge on any atom is -0.481 e. The van der Waals surface area contributed by atoms with Crippen molar-refractivity contribution in [3.63, 3.8) is 0 Å². The molecule has 4 aromatic rings. The quantitative estimate of drug-likeness (QED) is 0.307. The Bertz CT molecular complexity index is 1260. The molecule has 2 N–H and O–H groups in total. The molecule has 4 rings (SSSR count). The van der Waals surface area contributed by atoms with Crippen LogP contribution in [-0.2, 0) is 13.0 Å². The Morgan fingerprint density at radius 1 is 0.889 bits per heavy atom. The molecule has 2 atom stereocenters. The number of methoxy groups -OCH3 is 1. The van der Waals surface area contributed by atoms with Crippen molar-refractivity contribution in [3.05, 3.63) is 107 Å². The predicted molar refractivity (Wildman–Crippen MR) is 145 cm³/mol. The summed E-state index contributed by atoms with van der Waals surface area (Å²) in [4.78, 5) is 6.93. The third kappa shape index (κ3) is 5.93. The summed E-state index contributed by atoms with van der Waals surface area (Å²) in [5.41, 5.74) is 3.62. The van der Waals surface area contributed by atoms with Gasteiger partial charge in [-0.2, -0.15) is 0 Å². The maximum Gasteiger partial charge on any atom is 0.217 e. The normalized spacial score (nSPS) is 14.1. The molecule has 1 aromatic heterocycles. The summed E-state index contributed by atoms with van der Waals surface area (Å²) < 4.78 is 5.81. The van der Waals surface area contributed by atoms with Crippen molar-refractivity contribution in [3.8, 4) is 5.88 Å². The molecule has 0 radical (unpaired) electrons. The van der Waals surface area contributed by atoms with Crippen LogP contribution in [0.4, 0.5) is 0 Å². The van der Waals surface area contributed by atoms with Crippen molar-refractivity contribution in [2.24, 2.45) is 0 Å². The average molecular weight is 485 g/mol. The van der Waals surface area contributed by atoms with Crippen molar-refractivity contribution < 1.29 is 14.9 Å². The van der Waals surface area contributed by atoms with E-state index in [1.54, 1.807) is 7.11 Å². The number of hydrogen-bond donors (Lipinski definition) is 2. The third-order valence-corrected chi connectivity index (χ3v) is 6.91. The van der Waals surface area contributed by atoms with Crippen LogP contribution in [0.2, 0.25) is 0 Å². The lowest BCUT2D eigenvalue weighted by atomic mass is 9.72. The van der Waals surface area contributed by atoms with Gasteiger partial charge in [0.2, 0.25) is 5.88 Å². The van der Waals surface area contributed by atoms with Gasteiger partial charge in [-0.25, -0.2) is 4.98 Å². The number of aromatic nitrogens is 1. The van der Waals surface area contributed by atoms with Crippen LogP contribution in [0.25, 0.3) is 10.9 Å². The zero-order chi connectivity index (χ0) is 25.5. The minimum atomic E-state index is -1.06. The number of nitrogens with zero attached hydrogens (tertiary/aromatic N) is 2. The number of fused-ring (bicyclic) bond motifs is 1. The van der Waals surface area contributed by atoms with Gasteiger partial charge >= 0.3 is 0 Å². The Morgan fingerprint density at radius 3 is 2.22 bits per heavy atom. The highest BCUT2D eigenvalue weighted by atomic mass is 16.5. The van der Waals surface area contributed by atoms with Crippen molar-refractivity contribution in [2.75, 3.05) is 27.7 Å². The molecule has 2 unspecified atom stereocenters. The summed E-state index contributed by atoms with van der Waals surface area (Å²) in [6.45, 7) is 0.704. The molecule has 0 fully saturated rings. The molecular formula is C31H36N2O3. The molecule has 188 valence electrons. The second-order valence-electron chi connectivity index (χ2n) is 9.76. The maximum absolute atomic E-state index is 12.5. The molecule has 0 amide bonds. The number of aryl methyl sites for hydroxylation is 1. The first-order valence-corrected chi connectivity index (χ1v) is 12.5. The summed E-state index contributed by atoms with van der Waals surface area (Å²) in [6, 6.07) is 28.3. The highest BCUT2D eigenvalue weighted by Gasteiger charge is 2.40. The zero-order valence-corrected chi connectivity index (χ0v) is 21.4. The first-order chi connectivity index (χ1) is 17.4. The lowest BCUT2D eigenvalue weighted by Crippen LogP contribution is -2.40. The fourth-order valence-electron chi connectivity index (χ4n) is 4.95. The van der Waals surface area contributed by atoms with E-state index in [1.165, 1.54) is 5.56 Å². The molecule has 0 saturated carbocycles. The average Bonchev–Trinajstić information content (AvgIpc) is 2.91. The van der Waals surface area contributed by atoms with Gasteiger partial charge in [-0.1, -0.05) is 66.7 Å². The van der Waals surface area contributed by atoms with Crippen molar-refractivity contribution in [1.82, 2.24) is 9.88 Å². The Balaban J connectivity index is 1.88. The lowest BCUT2D eigenvalue weighted by molar-refractivity contribution is 0.000776. The Kier molecular flexibility index (Phi) is 8.36. The first-order valence-electron chi connectivity index (χ1n) is 12.5. The largest absolute Gasteiger partial charge is 0.481 e. The molecule has 1 heterocycles. The van der Waals surface area contributed by atoms with Crippen molar-refractivity contribution in [1.29, 1.82) is 0 Å². The van der Waals surface area contributed by atoms with Gasteiger partial charge < -0.3 is 19.8 Å². The molecule has 0 saturated heterocycles. The SMILES string of the molecule is COc1nc2ccc(CO)cc2cc1C(c1ccccc1)C(O)(CCc1ccccc1)CCN(C)C. The number of benzene rings is 3. The van der Waals surface area contributed by atoms with E-state index >= 15 is 0 Å². The summed E-state index contributed by atoms with van der Waals surface area (Å²) in [6.07, 6.45) is 1.93. The van der Waals surface area contributed by atoms with Gasteiger partial charge in [0.05, 0.1) is 24.8 Å². The van der Waals surface area contributed by atoms with E-state index in [4.69, 9.17) is 9.72 Å². The Labute approximate surface area is 214 Å². The van der Waals surface area contributed by atoms with Gasteiger partial charge in [-0.15, -0.1) is 0 Å². The number of pyridine rings is 1. The number of hydrogen-bond acceptors (Lipinski definition) is 5. The number of aliphatic hydroxyl groups excluding tert-OH is 1. The van der Waals surface area contributed by atoms with Crippen LogP contribution in [0, 0.1) is 0 Å². The molecule has 0 bridgehead atoms. The van der Waals surface area contributed by atoms with E-state index in [-0.39, 0.29) is 12.5 Å². The highest BCUT2D eigenvalue weighted by Crippen LogP contribution is 2.44. The fourth-order valence-corrected chi connectivity index (χ4v) is 4.95. The first kappa shape index (κ1) is 25.8. The molecule has 0 aliphatic heterocycles. The molecule has 3 aromatic carbocycles. The fraction of sp³-hybridized carbons (Fsp3) is 0.323. The molecule has 0 spiro atoms. The van der Waals surface area contributed by atoms with Crippen molar-refractivity contribution in [2.45, 2.75) is 37.4 Å². The van der Waals surface area contributed by atoms with Gasteiger partial charge in [0.1, 0.15) is 0 Å². The van der Waals surface area contributed by atoms with Crippen LogP contribution < -0.4 is 4.74 Å². The van der Waals surface area contributed by atoms with Gasteiger partial charge in [0.15, 0.2) is 0 Å². The molecular weight excluding hydrogens is 448 g/mol. The predicted octanol–water partition coefficient (Wildman–Crippen LogP) is 5.18. The van der Waals surface area contributed by atoms with E-state index in [0.717, 1.165) is 40.6 Å². The number of ether oxygens (including phenoxy) is 1. The summed E-state index contributed by atoms with van der Waals surface area (Å²) in [5.74, 6) is 0.156. The molecule has 5 heteroatoms. The lowest BCUT2D eigenvalue weighted by Gasteiger charge is -2.38. The number of aliphatic hydroxyl groups is 2. The van der Waals surface area contributed by atoms with Crippen LogP contribution in [-0.4, -0.2) is 53.4 Å². The van der Waals surface area contributed by atoms with E-state index < -0.39 is 5.60 Å². The maximum atomic E-state index is 12.5.